The molecular weight excluding hydrogens is 223 g/mol. The first-order chi connectivity index (χ1) is 8.18. The van der Waals surface area contributed by atoms with Gasteiger partial charge in [0, 0.05) is 13.7 Å². The first kappa shape index (κ1) is 14.0. The summed E-state index contributed by atoms with van der Waals surface area (Å²) in [4.78, 5) is 4.03. The Balaban J connectivity index is 2.85. The lowest BCUT2D eigenvalue weighted by Crippen LogP contribution is -2.47. The predicted octanol–water partition coefficient (Wildman–Crippen LogP) is 1.05. The van der Waals surface area contributed by atoms with Crippen LogP contribution in [0.5, 0.6) is 0 Å². The van der Waals surface area contributed by atoms with Crippen LogP contribution in [0.2, 0.25) is 0 Å². The lowest BCUT2D eigenvalue weighted by atomic mass is 9.92. The van der Waals surface area contributed by atoms with Gasteiger partial charge in [0.15, 0.2) is 0 Å². The zero-order chi connectivity index (χ0) is 12.7. The van der Waals surface area contributed by atoms with Crippen LogP contribution in [0.15, 0.2) is 18.3 Å². The van der Waals surface area contributed by atoms with E-state index in [1.165, 1.54) is 6.07 Å². The molecule has 0 fully saturated rings. The third kappa shape index (κ3) is 3.46. The fraction of sp³-hybridized carbons (Fsp3) is 0.583. The average Bonchev–Trinajstić information content (AvgIpc) is 2.37. The van der Waals surface area contributed by atoms with E-state index < -0.39 is 5.54 Å². The maximum atomic E-state index is 12.8. The summed E-state index contributed by atoms with van der Waals surface area (Å²) in [5, 5.41) is 12.8. The third-order valence-electron chi connectivity index (χ3n) is 2.86. The molecule has 1 rings (SSSR count). The largest absolute Gasteiger partial charge is 0.394 e. The van der Waals surface area contributed by atoms with E-state index in [4.69, 9.17) is 4.74 Å². The van der Waals surface area contributed by atoms with Crippen LogP contribution in [0.4, 0.5) is 4.39 Å². The van der Waals surface area contributed by atoms with Crippen LogP contribution in [0.3, 0.4) is 0 Å². The Hall–Kier alpha value is -1.04. The molecule has 0 bridgehead atoms. The van der Waals surface area contributed by atoms with Gasteiger partial charge in [-0.2, -0.15) is 0 Å². The summed E-state index contributed by atoms with van der Waals surface area (Å²) in [7, 11) is 1.62. The molecular formula is C12H19FN2O2. The molecule has 0 amide bonds. The van der Waals surface area contributed by atoms with Gasteiger partial charge in [-0.05, 0) is 18.6 Å². The lowest BCUT2D eigenvalue weighted by molar-refractivity contribution is 0.131. The minimum absolute atomic E-state index is 0.0914. The van der Waals surface area contributed by atoms with Crippen molar-refractivity contribution in [2.24, 2.45) is 0 Å². The Morgan fingerprint density at radius 1 is 1.53 bits per heavy atom. The normalized spacial score (nSPS) is 14.6. The van der Waals surface area contributed by atoms with Crippen molar-refractivity contribution >= 4 is 0 Å². The zero-order valence-electron chi connectivity index (χ0n) is 10.2. The topological polar surface area (TPSA) is 54.4 Å². The molecule has 0 saturated carbocycles. The molecule has 1 heterocycles. The van der Waals surface area contributed by atoms with E-state index in [-0.39, 0.29) is 12.4 Å². The van der Waals surface area contributed by atoms with Gasteiger partial charge in [0.25, 0.3) is 0 Å². The molecule has 0 radical (unpaired) electrons. The molecule has 1 unspecified atom stereocenters. The Morgan fingerprint density at radius 2 is 2.29 bits per heavy atom. The van der Waals surface area contributed by atoms with Crippen LogP contribution in [0, 0.1) is 5.82 Å². The van der Waals surface area contributed by atoms with Gasteiger partial charge in [-0.15, -0.1) is 0 Å². The van der Waals surface area contributed by atoms with E-state index in [0.29, 0.717) is 25.3 Å². The first-order valence-corrected chi connectivity index (χ1v) is 5.65. The fourth-order valence-corrected chi connectivity index (χ4v) is 1.70. The summed E-state index contributed by atoms with van der Waals surface area (Å²) in [5.74, 6) is -0.381. The number of pyridine rings is 1. The van der Waals surface area contributed by atoms with Crippen molar-refractivity contribution in [2.45, 2.75) is 18.9 Å². The summed E-state index contributed by atoms with van der Waals surface area (Å²) >= 11 is 0. The first-order valence-electron chi connectivity index (χ1n) is 5.65. The number of aromatic nitrogens is 1. The van der Waals surface area contributed by atoms with Gasteiger partial charge in [-0.1, -0.05) is 6.92 Å². The van der Waals surface area contributed by atoms with E-state index in [9.17, 15) is 9.50 Å². The van der Waals surface area contributed by atoms with Crippen molar-refractivity contribution in [3.8, 4) is 0 Å². The molecule has 2 N–H and O–H groups in total. The van der Waals surface area contributed by atoms with Crippen LogP contribution in [0.25, 0.3) is 0 Å². The number of halogens is 1. The molecule has 0 aliphatic rings. The highest BCUT2D eigenvalue weighted by molar-refractivity contribution is 5.16. The van der Waals surface area contributed by atoms with Crippen molar-refractivity contribution in [1.29, 1.82) is 0 Å². The maximum Gasteiger partial charge on any atom is 0.141 e. The highest BCUT2D eigenvalue weighted by Crippen LogP contribution is 2.22. The summed E-state index contributed by atoms with van der Waals surface area (Å²) in [6, 6.07) is 2.94. The summed E-state index contributed by atoms with van der Waals surface area (Å²) < 4.78 is 17.8. The lowest BCUT2D eigenvalue weighted by Gasteiger charge is -2.31. The smallest absolute Gasteiger partial charge is 0.141 e. The highest BCUT2D eigenvalue weighted by Gasteiger charge is 2.30. The molecule has 4 nitrogen and oxygen atoms in total. The number of aliphatic hydroxyl groups is 1. The molecule has 0 spiro atoms. The quantitative estimate of drug-likeness (QED) is 0.702. The zero-order valence-corrected chi connectivity index (χ0v) is 10.2. The second-order valence-electron chi connectivity index (χ2n) is 3.88. The van der Waals surface area contributed by atoms with Crippen molar-refractivity contribution in [3.05, 3.63) is 29.8 Å². The van der Waals surface area contributed by atoms with Gasteiger partial charge in [0.05, 0.1) is 30.6 Å². The minimum Gasteiger partial charge on any atom is -0.394 e. The van der Waals surface area contributed by atoms with E-state index in [0.717, 1.165) is 6.20 Å². The Kier molecular flexibility index (Phi) is 5.47. The summed E-state index contributed by atoms with van der Waals surface area (Å²) in [6.45, 7) is 3.00. The molecule has 1 aromatic heterocycles. The number of ether oxygens (including phenoxy) is 1. The maximum absolute atomic E-state index is 12.8. The summed E-state index contributed by atoms with van der Waals surface area (Å²) in [6.07, 6.45) is 1.82. The number of hydrogen-bond donors (Lipinski definition) is 2. The van der Waals surface area contributed by atoms with Crippen LogP contribution >= 0.6 is 0 Å². The average molecular weight is 242 g/mol. The fourth-order valence-electron chi connectivity index (χ4n) is 1.70. The van der Waals surface area contributed by atoms with Crippen LogP contribution in [-0.2, 0) is 10.3 Å². The number of methoxy groups -OCH3 is 1. The highest BCUT2D eigenvalue weighted by atomic mass is 19.1. The molecule has 0 aliphatic carbocycles. The minimum atomic E-state index is -0.633. The Labute approximate surface area is 101 Å². The van der Waals surface area contributed by atoms with E-state index in [1.807, 2.05) is 6.92 Å². The van der Waals surface area contributed by atoms with Gasteiger partial charge >= 0.3 is 0 Å². The number of aliphatic hydroxyl groups excluding tert-OH is 1. The van der Waals surface area contributed by atoms with Gasteiger partial charge in [-0.25, -0.2) is 4.39 Å². The van der Waals surface area contributed by atoms with Crippen LogP contribution in [0.1, 0.15) is 19.0 Å². The number of nitrogens with zero attached hydrogens (tertiary/aromatic N) is 1. The molecule has 17 heavy (non-hydrogen) atoms. The monoisotopic (exact) mass is 242 g/mol. The molecule has 5 heteroatoms. The second kappa shape index (κ2) is 6.64. The molecule has 0 saturated heterocycles. The van der Waals surface area contributed by atoms with Gasteiger partial charge < -0.3 is 15.2 Å². The Bertz CT molecular complexity index is 326. The van der Waals surface area contributed by atoms with Gasteiger partial charge in [-0.3, -0.25) is 4.98 Å². The molecule has 1 aromatic rings. The standard InChI is InChI=1S/C12H19FN2O2/c1-3-12(9-16,15-6-7-17-2)11-5-4-10(13)8-14-11/h4-5,8,15-16H,3,6-7,9H2,1-2H3. The molecule has 1 atom stereocenters. The van der Waals surface area contributed by atoms with Crippen LogP contribution < -0.4 is 5.32 Å². The van der Waals surface area contributed by atoms with Crippen LogP contribution in [-0.4, -0.2) is 37.0 Å². The third-order valence-corrected chi connectivity index (χ3v) is 2.86. The van der Waals surface area contributed by atoms with E-state index in [2.05, 4.69) is 10.3 Å². The van der Waals surface area contributed by atoms with Crippen molar-refractivity contribution in [2.75, 3.05) is 26.9 Å². The molecule has 96 valence electrons. The SMILES string of the molecule is CCC(CO)(NCCOC)c1ccc(F)cn1. The predicted molar refractivity (Wildman–Crippen MR) is 63.1 cm³/mol. The number of nitrogens with one attached hydrogen (secondary N) is 1. The summed E-state index contributed by atoms with van der Waals surface area (Å²) in [5.41, 5.74) is 0.00618. The molecule has 0 aliphatic heterocycles. The number of hydrogen-bond acceptors (Lipinski definition) is 4. The number of rotatable bonds is 7. The van der Waals surface area contributed by atoms with Gasteiger partial charge in [0.1, 0.15) is 5.82 Å². The molecule has 0 aromatic carbocycles. The van der Waals surface area contributed by atoms with Crippen molar-refractivity contribution in [3.63, 3.8) is 0 Å². The Morgan fingerprint density at radius 3 is 2.76 bits per heavy atom. The second-order valence-corrected chi connectivity index (χ2v) is 3.88. The van der Waals surface area contributed by atoms with Crippen molar-refractivity contribution in [1.82, 2.24) is 10.3 Å². The van der Waals surface area contributed by atoms with Gasteiger partial charge in [0.2, 0.25) is 0 Å². The van der Waals surface area contributed by atoms with E-state index >= 15 is 0 Å². The van der Waals surface area contributed by atoms with Crippen molar-refractivity contribution < 1.29 is 14.2 Å². The van der Waals surface area contributed by atoms with E-state index in [1.54, 1.807) is 13.2 Å².